The summed E-state index contributed by atoms with van der Waals surface area (Å²) in [5, 5.41) is 0. The number of hydrogen-bond donors (Lipinski definition) is 0. The highest BCUT2D eigenvalue weighted by molar-refractivity contribution is 5.70. The molecule has 0 fully saturated rings. The van der Waals surface area contributed by atoms with Gasteiger partial charge in [-0.2, -0.15) is 0 Å². The fourth-order valence-corrected chi connectivity index (χ4v) is 2.02. The Kier molecular flexibility index (Phi) is 3.83. The van der Waals surface area contributed by atoms with Gasteiger partial charge in [0.05, 0.1) is 12.9 Å². The summed E-state index contributed by atoms with van der Waals surface area (Å²) in [6, 6.07) is 0. The van der Waals surface area contributed by atoms with Crippen LogP contribution in [0.1, 0.15) is 6.92 Å². The van der Waals surface area contributed by atoms with E-state index >= 15 is 0 Å². The molecular weight excluding hydrogens is 278 g/mol. The van der Waals surface area contributed by atoms with Gasteiger partial charge >= 0.3 is 11.8 Å². The van der Waals surface area contributed by atoms with Crippen molar-refractivity contribution in [2.75, 3.05) is 13.7 Å². The van der Waals surface area contributed by atoms with E-state index in [4.69, 9.17) is 4.74 Å². The van der Waals surface area contributed by atoms with Crippen molar-refractivity contribution in [2.45, 2.75) is 13.6 Å². The Morgan fingerprint density at radius 2 is 2.00 bits per heavy atom. The molecule has 0 aliphatic heterocycles. The van der Waals surface area contributed by atoms with Crippen molar-refractivity contribution in [1.29, 1.82) is 0 Å². The molecule has 1 amide bonds. The lowest BCUT2D eigenvalue weighted by molar-refractivity contribution is 0.107. The summed E-state index contributed by atoms with van der Waals surface area (Å²) in [6.07, 6.45) is 0.919. The third-order valence-electron chi connectivity index (χ3n) is 3.16. The van der Waals surface area contributed by atoms with Crippen LogP contribution in [0, 0.1) is 0 Å². The summed E-state index contributed by atoms with van der Waals surface area (Å²) in [4.78, 5) is 41.0. The van der Waals surface area contributed by atoms with Gasteiger partial charge in [0.1, 0.15) is 6.67 Å². The molecule has 0 aliphatic rings. The monoisotopic (exact) mass is 295 g/mol. The van der Waals surface area contributed by atoms with Crippen molar-refractivity contribution >= 4 is 17.3 Å². The van der Waals surface area contributed by atoms with Crippen molar-refractivity contribution in [3.63, 3.8) is 0 Å². The molecule has 9 heteroatoms. The first-order valence-corrected chi connectivity index (χ1v) is 6.37. The quantitative estimate of drug-likeness (QED) is 0.760. The normalized spacial score (nSPS) is 10.9. The van der Waals surface area contributed by atoms with Gasteiger partial charge in [0.15, 0.2) is 11.2 Å². The molecule has 0 radical (unpaired) electrons. The maximum absolute atomic E-state index is 12.2. The van der Waals surface area contributed by atoms with E-state index in [9.17, 15) is 14.4 Å². The van der Waals surface area contributed by atoms with E-state index in [-0.39, 0.29) is 24.4 Å². The zero-order chi connectivity index (χ0) is 15.7. The van der Waals surface area contributed by atoms with Crippen LogP contribution in [-0.2, 0) is 25.5 Å². The van der Waals surface area contributed by atoms with Crippen LogP contribution in [0.4, 0.5) is 4.79 Å². The average Bonchev–Trinajstić information content (AvgIpc) is 2.86. The molecule has 0 unspecified atom stereocenters. The Hall–Kier alpha value is -2.58. The molecule has 0 bridgehead atoms. The minimum Gasteiger partial charge on any atom is -0.450 e. The van der Waals surface area contributed by atoms with E-state index in [0.717, 1.165) is 4.57 Å². The molecule has 0 aromatic carbocycles. The number of nitrogens with zero attached hydrogens (tertiary/aromatic N) is 5. The van der Waals surface area contributed by atoms with Crippen LogP contribution in [-0.4, -0.2) is 43.3 Å². The molecule has 2 heterocycles. The van der Waals surface area contributed by atoms with Crippen molar-refractivity contribution in [3.8, 4) is 0 Å². The topological polar surface area (TPSA) is 91.4 Å². The van der Waals surface area contributed by atoms with E-state index in [1.807, 2.05) is 0 Å². The second-order valence-electron chi connectivity index (χ2n) is 4.63. The number of rotatable bonds is 3. The number of imidazole rings is 1. The first kappa shape index (κ1) is 14.8. The lowest BCUT2D eigenvalue weighted by Crippen LogP contribution is -2.38. The molecule has 0 atom stereocenters. The van der Waals surface area contributed by atoms with Crippen molar-refractivity contribution in [3.05, 3.63) is 27.2 Å². The summed E-state index contributed by atoms with van der Waals surface area (Å²) < 4.78 is 8.68. The highest BCUT2D eigenvalue weighted by Crippen LogP contribution is 2.06. The van der Waals surface area contributed by atoms with Crippen LogP contribution in [0.3, 0.4) is 0 Å². The van der Waals surface area contributed by atoms with Crippen molar-refractivity contribution in [1.82, 2.24) is 23.6 Å². The molecule has 9 nitrogen and oxygen atoms in total. The molecule has 0 saturated heterocycles. The summed E-state index contributed by atoms with van der Waals surface area (Å²) in [6.45, 7) is 2.08. The van der Waals surface area contributed by atoms with E-state index in [0.29, 0.717) is 0 Å². The lowest BCUT2D eigenvalue weighted by Gasteiger charge is -2.17. The Bertz CT molecular complexity index is 800. The van der Waals surface area contributed by atoms with Gasteiger partial charge in [-0.05, 0) is 6.92 Å². The van der Waals surface area contributed by atoms with Gasteiger partial charge in [0.2, 0.25) is 0 Å². The fraction of sp³-hybridized carbons (Fsp3) is 0.500. The van der Waals surface area contributed by atoms with Crippen LogP contribution >= 0.6 is 0 Å². The van der Waals surface area contributed by atoms with Crippen LogP contribution in [0.2, 0.25) is 0 Å². The second-order valence-corrected chi connectivity index (χ2v) is 4.63. The maximum atomic E-state index is 12.2. The van der Waals surface area contributed by atoms with Gasteiger partial charge < -0.3 is 9.30 Å². The summed E-state index contributed by atoms with van der Waals surface area (Å²) in [7, 11) is 4.49. The highest BCUT2D eigenvalue weighted by atomic mass is 16.6. The maximum Gasteiger partial charge on any atom is 0.410 e. The molecule has 21 heavy (non-hydrogen) atoms. The molecule has 2 rings (SSSR count). The van der Waals surface area contributed by atoms with Gasteiger partial charge in [-0.15, -0.1) is 0 Å². The molecule has 0 spiro atoms. The Morgan fingerprint density at radius 3 is 2.62 bits per heavy atom. The van der Waals surface area contributed by atoms with Gasteiger partial charge in [-0.1, -0.05) is 0 Å². The van der Waals surface area contributed by atoms with Crippen molar-refractivity contribution < 1.29 is 9.53 Å². The standard InChI is InChI=1S/C12H17N5O4/c1-5-21-12(20)14(2)7-17-6-13-9-8(17)10(18)16(4)11(19)15(9)3/h6H,5,7H2,1-4H3. The minimum atomic E-state index is -0.499. The average molecular weight is 295 g/mol. The molecular formula is C12H17N5O4. The Labute approximate surface area is 120 Å². The van der Waals surface area contributed by atoms with Crippen LogP contribution in [0.5, 0.6) is 0 Å². The third kappa shape index (κ3) is 2.41. The fourth-order valence-electron chi connectivity index (χ4n) is 2.02. The number of carbonyl (C=O) groups is 1. The van der Waals surface area contributed by atoms with Crippen molar-refractivity contribution in [2.24, 2.45) is 14.1 Å². The number of hydrogen-bond acceptors (Lipinski definition) is 5. The predicted molar refractivity (Wildman–Crippen MR) is 75.0 cm³/mol. The number of ether oxygens (including phenoxy) is 1. The summed E-state index contributed by atoms with van der Waals surface area (Å²) in [5.74, 6) is 0. The first-order valence-electron chi connectivity index (χ1n) is 6.37. The Balaban J connectivity index is 2.50. The summed E-state index contributed by atoms with van der Waals surface area (Å²) >= 11 is 0. The van der Waals surface area contributed by atoms with E-state index in [2.05, 4.69) is 4.98 Å². The Morgan fingerprint density at radius 1 is 1.33 bits per heavy atom. The van der Waals surface area contributed by atoms with E-state index < -0.39 is 17.3 Å². The van der Waals surface area contributed by atoms with E-state index in [1.165, 1.54) is 34.5 Å². The van der Waals surface area contributed by atoms with Gasteiger partial charge in [-0.3, -0.25) is 18.8 Å². The smallest absolute Gasteiger partial charge is 0.410 e. The number of fused-ring (bicyclic) bond motifs is 1. The zero-order valence-electron chi connectivity index (χ0n) is 12.4. The molecule has 2 aromatic rings. The molecule has 0 aliphatic carbocycles. The van der Waals surface area contributed by atoms with Gasteiger partial charge in [-0.25, -0.2) is 14.6 Å². The minimum absolute atomic E-state index is 0.1000. The number of aromatic nitrogens is 4. The summed E-state index contributed by atoms with van der Waals surface area (Å²) in [5.41, 5.74) is -0.365. The van der Waals surface area contributed by atoms with Gasteiger partial charge in [0, 0.05) is 21.1 Å². The zero-order valence-corrected chi connectivity index (χ0v) is 12.4. The molecule has 0 N–H and O–H groups in total. The highest BCUT2D eigenvalue weighted by Gasteiger charge is 2.17. The number of amides is 1. The second kappa shape index (κ2) is 5.43. The van der Waals surface area contributed by atoms with Crippen LogP contribution < -0.4 is 11.2 Å². The van der Waals surface area contributed by atoms with Crippen LogP contribution in [0.15, 0.2) is 15.9 Å². The predicted octanol–water partition coefficient (Wildman–Crippen LogP) is -0.520. The van der Waals surface area contributed by atoms with E-state index in [1.54, 1.807) is 14.0 Å². The first-order chi connectivity index (χ1) is 9.88. The van der Waals surface area contributed by atoms with Gasteiger partial charge in [0.25, 0.3) is 5.56 Å². The van der Waals surface area contributed by atoms with Crippen LogP contribution in [0.25, 0.3) is 11.2 Å². The lowest BCUT2D eigenvalue weighted by atomic mass is 10.5. The SMILES string of the molecule is CCOC(=O)N(C)Cn1cnc2c1c(=O)n(C)c(=O)n2C. The molecule has 114 valence electrons. The molecule has 2 aromatic heterocycles. The number of aryl methyl sites for hydroxylation is 1. The molecule has 0 saturated carbocycles. The largest absolute Gasteiger partial charge is 0.450 e. The number of carbonyl (C=O) groups excluding carboxylic acids is 1. The third-order valence-corrected chi connectivity index (χ3v) is 3.16.